The fraction of sp³-hybridized carbons (Fsp3) is 0.375. The van der Waals surface area contributed by atoms with Crippen molar-refractivity contribution in [2.24, 2.45) is 0 Å². The zero-order valence-corrected chi connectivity index (χ0v) is 17.3. The summed E-state index contributed by atoms with van der Waals surface area (Å²) in [6, 6.07) is 10.5. The van der Waals surface area contributed by atoms with Crippen LogP contribution in [-0.4, -0.2) is 6.73 Å². The number of ether oxygens (including phenoxy) is 1. The molecule has 2 heterocycles. The van der Waals surface area contributed by atoms with E-state index in [1.54, 1.807) is 0 Å². The number of benzene rings is 2. The molecule has 0 amide bonds. The Kier molecular flexibility index (Phi) is 4.75. The Balaban J connectivity index is 1.54. The molecule has 150 valence electrons. The third-order valence-corrected chi connectivity index (χ3v) is 6.38. The number of aryl methyl sites for hydroxylation is 2. The monoisotopic (exact) mass is 409 g/mol. The third-order valence-electron chi connectivity index (χ3n) is 6.10. The second kappa shape index (κ2) is 7.42. The Hall–Kier alpha value is -2.46. The van der Waals surface area contributed by atoms with Gasteiger partial charge in [0, 0.05) is 16.6 Å². The minimum atomic E-state index is -0.216. The van der Waals surface area contributed by atoms with E-state index in [9.17, 15) is 4.79 Å². The van der Waals surface area contributed by atoms with Crippen LogP contribution in [0.25, 0.3) is 11.0 Å². The maximum Gasteiger partial charge on any atom is 0.339 e. The Morgan fingerprint density at radius 3 is 2.69 bits per heavy atom. The number of fused-ring (bicyclic) bond motifs is 5. The van der Waals surface area contributed by atoms with Crippen molar-refractivity contribution in [2.75, 3.05) is 11.6 Å². The zero-order chi connectivity index (χ0) is 20.0. The summed E-state index contributed by atoms with van der Waals surface area (Å²) in [4.78, 5) is 14.7. The Labute approximate surface area is 175 Å². The maximum absolute atomic E-state index is 12.5. The molecule has 0 bridgehead atoms. The van der Waals surface area contributed by atoms with Gasteiger partial charge in [0.1, 0.15) is 11.3 Å². The highest BCUT2D eigenvalue weighted by atomic mass is 35.5. The van der Waals surface area contributed by atoms with Crippen LogP contribution in [0, 0.1) is 0 Å². The number of hydrogen-bond donors (Lipinski definition) is 0. The van der Waals surface area contributed by atoms with E-state index in [0.717, 1.165) is 53.4 Å². The highest BCUT2D eigenvalue weighted by molar-refractivity contribution is 6.33. The number of unbranched alkanes of at least 4 members (excludes halogenated alkanes) is 1. The van der Waals surface area contributed by atoms with Gasteiger partial charge < -0.3 is 14.1 Å². The normalized spacial score (nSPS) is 15.3. The van der Waals surface area contributed by atoms with Gasteiger partial charge in [-0.2, -0.15) is 0 Å². The third kappa shape index (κ3) is 3.20. The summed E-state index contributed by atoms with van der Waals surface area (Å²) < 4.78 is 11.8. The van der Waals surface area contributed by atoms with Crippen molar-refractivity contribution in [3.8, 4) is 5.75 Å². The van der Waals surface area contributed by atoms with E-state index in [1.165, 1.54) is 18.4 Å². The van der Waals surface area contributed by atoms with Crippen LogP contribution in [0.2, 0.25) is 5.02 Å². The summed E-state index contributed by atoms with van der Waals surface area (Å²) in [5.74, 6) is 0.635. The van der Waals surface area contributed by atoms with E-state index in [1.807, 2.05) is 6.07 Å². The molecule has 2 aromatic carbocycles. The average molecular weight is 410 g/mol. The molecule has 5 heteroatoms. The largest absolute Gasteiger partial charge is 0.471 e. The van der Waals surface area contributed by atoms with Crippen molar-refractivity contribution in [3.63, 3.8) is 0 Å². The van der Waals surface area contributed by atoms with Crippen LogP contribution in [0.3, 0.4) is 0 Å². The summed E-state index contributed by atoms with van der Waals surface area (Å²) in [7, 11) is 0. The Bertz CT molecular complexity index is 1130. The molecule has 4 nitrogen and oxygen atoms in total. The van der Waals surface area contributed by atoms with Gasteiger partial charge >= 0.3 is 5.63 Å². The summed E-state index contributed by atoms with van der Waals surface area (Å²) >= 11 is 6.56. The predicted octanol–water partition coefficient (Wildman–Crippen LogP) is 5.63. The highest BCUT2D eigenvalue weighted by Gasteiger charge is 2.28. The molecule has 1 aliphatic carbocycles. The lowest BCUT2D eigenvalue weighted by Crippen LogP contribution is -2.32. The molecule has 5 rings (SSSR count). The molecular formula is C24H24ClNO3. The van der Waals surface area contributed by atoms with E-state index in [-0.39, 0.29) is 5.63 Å². The van der Waals surface area contributed by atoms with Gasteiger partial charge in [0.25, 0.3) is 0 Å². The van der Waals surface area contributed by atoms with Crippen LogP contribution in [0.15, 0.2) is 39.5 Å². The first-order valence-corrected chi connectivity index (χ1v) is 10.8. The van der Waals surface area contributed by atoms with E-state index < -0.39 is 0 Å². The molecule has 29 heavy (non-hydrogen) atoms. The van der Waals surface area contributed by atoms with Gasteiger partial charge in [0.05, 0.1) is 17.1 Å². The van der Waals surface area contributed by atoms with Gasteiger partial charge in [-0.05, 0) is 61.4 Å². The molecule has 0 atom stereocenters. The van der Waals surface area contributed by atoms with Crippen LogP contribution < -0.4 is 15.3 Å². The number of nitrogens with zero attached hydrogens (tertiary/aromatic N) is 1. The minimum Gasteiger partial charge on any atom is -0.471 e. The van der Waals surface area contributed by atoms with Gasteiger partial charge in [-0.25, -0.2) is 4.79 Å². The summed E-state index contributed by atoms with van der Waals surface area (Å²) in [6.45, 7) is 3.23. The number of anilines is 1. The van der Waals surface area contributed by atoms with Crippen molar-refractivity contribution >= 4 is 28.3 Å². The first-order chi connectivity index (χ1) is 14.2. The van der Waals surface area contributed by atoms with Crippen molar-refractivity contribution in [3.05, 3.63) is 68.0 Å². The van der Waals surface area contributed by atoms with E-state index in [0.29, 0.717) is 29.6 Å². The smallest absolute Gasteiger partial charge is 0.339 e. The molecule has 0 fully saturated rings. The minimum absolute atomic E-state index is 0.216. The highest BCUT2D eigenvalue weighted by Crippen LogP contribution is 2.41. The molecule has 2 aliphatic rings. The number of hydrogen-bond acceptors (Lipinski definition) is 4. The molecule has 3 aromatic rings. The van der Waals surface area contributed by atoms with E-state index >= 15 is 0 Å². The summed E-state index contributed by atoms with van der Waals surface area (Å²) in [5, 5.41) is 1.55. The van der Waals surface area contributed by atoms with Crippen molar-refractivity contribution < 1.29 is 9.15 Å². The molecule has 0 saturated heterocycles. The van der Waals surface area contributed by atoms with Gasteiger partial charge in [-0.15, -0.1) is 0 Å². The predicted molar refractivity (Wildman–Crippen MR) is 116 cm³/mol. The Morgan fingerprint density at radius 2 is 1.90 bits per heavy atom. The van der Waals surface area contributed by atoms with Crippen molar-refractivity contribution in [1.82, 2.24) is 0 Å². The molecule has 0 radical (unpaired) electrons. The molecule has 1 aromatic heterocycles. The van der Waals surface area contributed by atoms with E-state index in [4.69, 9.17) is 20.8 Å². The lowest BCUT2D eigenvalue weighted by Gasteiger charge is -2.31. The Morgan fingerprint density at radius 1 is 1.10 bits per heavy atom. The first-order valence-electron chi connectivity index (χ1n) is 10.4. The van der Waals surface area contributed by atoms with Gasteiger partial charge in [0.15, 0.2) is 6.73 Å². The second-order valence-electron chi connectivity index (χ2n) is 7.98. The van der Waals surface area contributed by atoms with E-state index in [2.05, 4.69) is 36.1 Å². The van der Waals surface area contributed by atoms with Crippen LogP contribution in [0.4, 0.5) is 5.69 Å². The average Bonchev–Trinajstić information content (AvgIpc) is 3.24. The van der Waals surface area contributed by atoms with Crippen molar-refractivity contribution in [2.45, 2.75) is 52.0 Å². The molecular weight excluding hydrogens is 386 g/mol. The van der Waals surface area contributed by atoms with Crippen LogP contribution >= 0.6 is 11.6 Å². The lowest BCUT2D eigenvalue weighted by atomic mass is 10.0. The maximum atomic E-state index is 12.5. The molecule has 0 spiro atoms. The molecule has 0 saturated carbocycles. The fourth-order valence-electron chi connectivity index (χ4n) is 4.53. The van der Waals surface area contributed by atoms with Crippen LogP contribution in [0.5, 0.6) is 5.75 Å². The van der Waals surface area contributed by atoms with Crippen LogP contribution in [-0.2, 0) is 25.8 Å². The van der Waals surface area contributed by atoms with Gasteiger partial charge in [-0.3, -0.25) is 0 Å². The molecule has 0 N–H and O–H groups in total. The molecule has 1 aliphatic heterocycles. The quantitative estimate of drug-likeness (QED) is 0.523. The first kappa shape index (κ1) is 18.6. The summed E-state index contributed by atoms with van der Waals surface area (Å²) in [5.41, 5.74) is 5.62. The number of rotatable bonds is 4. The fourth-order valence-corrected chi connectivity index (χ4v) is 4.81. The SMILES string of the molecule is CCCCc1ccc(N2COc3c(Cl)cc4c5c(c(=O)oc4c3C2)CCC5)cc1. The standard InChI is InChI=1S/C24H24ClNO3/c1-2-3-5-15-8-10-16(11-9-15)26-13-20-22-19(12-21(25)23(20)28-14-26)17-6-4-7-18(17)24(27)29-22/h8-12H,2-7,13-14H2,1H3. The molecule has 0 unspecified atom stereocenters. The lowest BCUT2D eigenvalue weighted by molar-refractivity contribution is 0.289. The van der Waals surface area contributed by atoms with Gasteiger partial charge in [0.2, 0.25) is 0 Å². The van der Waals surface area contributed by atoms with Gasteiger partial charge in [-0.1, -0.05) is 37.1 Å². The van der Waals surface area contributed by atoms with Crippen LogP contribution in [0.1, 0.15) is 48.4 Å². The second-order valence-corrected chi connectivity index (χ2v) is 8.39. The van der Waals surface area contributed by atoms with Crippen molar-refractivity contribution in [1.29, 1.82) is 0 Å². The zero-order valence-electron chi connectivity index (χ0n) is 16.6. The topological polar surface area (TPSA) is 42.7 Å². The summed E-state index contributed by atoms with van der Waals surface area (Å²) in [6.07, 6.45) is 6.17. The number of halogens is 1.